The molecule has 280 valence electrons. The van der Waals surface area contributed by atoms with Crippen LogP contribution in [0.15, 0.2) is 154 Å². The van der Waals surface area contributed by atoms with E-state index in [2.05, 4.69) is 161 Å². The number of aryl methyl sites for hydroxylation is 4. The number of fused-ring (bicyclic) bond motifs is 4. The third-order valence-corrected chi connectivity index (χ3v) is 11.2. The zero-order valence-electron chi connectivity index (χ0n) is 32.9. The van der Waals surface area contributed by atoms with Gasteiger partial charge in [-0.25, -0.2) is 0 Å². The molecule has 0 fully saturated rings. The van der Waals surface area contributed by atoms with E-state index in [4.69, 9.17) is 25.9 Å². The number of hydrogen-bond acceptors (Lipinski definition) is 2. The van der Waals surface area contributed by atoms with E-state index in [-0.39, 0.29) is 0 Å². The summed E-state index contributed by atoms with van der Waals surface area (Å²) in [4.78, 5) is 0. The van der Waals surface area contributed by atoms with Crippen LogP contribution in [0.5, 0.6) is 0 Å². The van der Waals surface area contributed by atoms with Gasteiger partial charge >= 0.3 is 37.9 Å². The Morgan fingerprint density at radius 2 is 0.825 bits per heavy atom. The molecule has 0 saturated carbocycles. The Balaban J connectivity index is 0.000000150. The van der Waals surface area contributed by atoms with Crippen molar-refractivity contribution in [1.29, 1.82) is 0 Å². The van der Waals surface area contributed by atoms with E-state index in [1.165, 1.54) is 87.6 Å². The zero-order valence-corrected chi connectivity index (χ0v) is 36.9. The second kappa shape index (κ2) is 16.5. The molecule has 57 heavy (non-hydrogen) atoms. The van der Waals surface area contributed by atoms with Crippen molar-refractivity contribution in [2.45, 2.75) is 41.5 Å². The van der Waals surface area contributed by atoms with Gasteiger partial charge in [0.25, 0.3) is 0 Å². The number of rotatable bonds is 4. The van der Waals surface area contributed by atoms with Crippen molar-refractivity contribution >= 4 is 60.1 Å². The van der Waals surface area contributed by atoms with E-state index in [1.807, 2.05) is 26.0 Å². The second-order valence-corrected chi connectivity index (χ2v) is 18.6. The summed E-state index contributed by atoms with van der Waals surface area (Å²) in [5.41, 5.74) is 12.9. The van der Waals surface area contributed by atoms with Gasteiger partial charge in [0, 0.05) is 0 Å². The van der Waals surface area contributed by atoms with Crippen molar-refractivity contribution in [2.24, 2.45) is 0 Å². The Hall–Kier alpha value is -4.92. The quantitative estimate of drug-likeness (QED) is 0.165. The summed E-state index contributed by atoms with van der Waals surface area (Å²) < 4.78 is 11.8. The van der Waals surface area contributed by atoms with Gasteiger partial charge in [0.15, 0.2) is 0 Å². The van der Waals surface area contributed by atoms with Crippen molar-refractivity contribution in [2.75, 3.05) is 0 Å². The van der Waals surface area contributed by atoms with Crippen LogP contribution in [0.4, 0.5) is 0 Å². The molecule has 10 aromatic rings. The predicted octanol–water partition coefficient (Wildman–Crippen LogP) is 16.5. The van der Waals surface area contributed by atoms with Crippen LogP contribution in [0.3, 0.4) is 0 Å². The van der Waals surface area contributed by atoms with Gasteiger partial charge < -0.3 is 8.83 Å². The van der Waals surface area contributed by atoms with Crippen LogP contribution in [-0.4, -0.2) is 0 Å². The normalized spacial score (nSPS) is 11.1. The average molecular weight is 861 g/mol. The van der Waals surface area contributed by atoms with E-state index in [0.717, 1.165) is 34.2 Å². The van der Waals surface area contributed by atoms with Gasteiger partial charge in [0.2, 0.25) is 0 Å². The van der Waals surface area contributed by atoms with Gasteiger partial charge in [0.1, 0.15) is 0 Å². The Labute approximate surface area is 353 Å². The molecule has 0 unspecified atom stereocenters. The summed E-state index contributed by atoms with van der Waals surface area (Å²) in [6.07, 6.45) is 0. The molecular weight excluding hydrogens is 819 g/mol. The maximum atomic E-state index is 5.88. The summed E-state index contributed by atoms with van der Waals surface area (Å²) >= 11 is -0.826. The molecule has 10 rings (SSSR count). The molecule has 0 saturated heterocycles. The molecule has 2 nitrogen and oxygen atoms in total. The molecular formula is C52H42Cl2O2Zr. The monoisotopic (exact) mass is 858 g/mol. The summed E-state index contributed by atoms with van der Waals surface area (Å²) in [5.74, 6) is 3.75. The fourth-order valence-electron chi connectivity index (χ4n) is 8.25. The molecule has 2 aromatic heterocycles. The summed E-state index contributed by atoms with van der Waals surface area (Å²) in [6, 6.07) is 52.2. The molecule has 0 N–H and O–H groups in total. The number of halogens is 2. The summed E-state index contributed by atoms with van der Waals surface area (Å²) in [6.45, 7) is 12.8. The van der Waals surface area contributed by atoms with Crippen LogP contribution in [0, 0.1) is 41.5 Å². The van der Waals surface area contributed by atoms with Gasteiger partial charge in [-0.05, 0) is 110 Å². The average Bonchev–Trinajstić information content (AvgIpc) is 4.03. The van der Waals surface area contributed by atoms with Crippen molar-refractivity contribution in [1.82, 2.24) is 0 Å². The molecule has 8 aromatic carbocycles. The van der Waals surface area contributed by atoms with Gasteiger partial charge in [0.05, 0.1) is 23.0 Å². The first-order valence-electron chi connectivity index (χ1n) is 19.1. The van der Waals surface area contributed by atoms with E-state index in [1.54, 1.807) is 0 Å². The first-order valence-corrected chi connectivity index (χ1v) is 25.5. The summed E-state index contributed by atoms with van der Waals surface area (Å²) in [5, 5.41) is 10.3. The maximum absolute atomic E-state index is 5.88. The van der Waals surface area contributed by atoms with Gasteiger partial charge in [-0.1, -0.05) is 118 Å². The van der Waals surface area contributed by atoms with Gasteiger partial charge in [-0.2, -0.15) is 0 Å². The van der Waals surface area contributed by atoms with Gasteiger partial charge in [-0.3, -0.25) is 0 Å². The van der Waals surface area contributed by atoms with Crippen LogP contribution in [0.2, 0.25) is 0 Å². The molecule has 2 heterocycles. The van der Waals surface area contributed by atoms with E-state index < -0.39 is 20.8 Å². The summed E-state index contributed by atoms with van der Waals surface area (Å²) in [7, 11) is 9.87. The van der Waals surface area contributed by atoms with Crippen LogP contribution >= 0.6 is 17.0 Å². The minimum atomic E-state index is -0.826. The number of furan rings is 2. The second-order valence-electron chi connectivity index (χ2n) is 14.8. The Bertz CT molecular complexity index is 2830. The molecule has 0 amide bonds. The van der Waals surface area contributed by atoms with E-state index in [0.29, 0.717) is 0 Å². The van der Waals surface area contributed by atoms with Crippen molar-refractivity contribution in [3.05, 3.63) is 179 Å². The molecule has 0 aliphatic rings. The number of benzene rings is 6. The first kappa shape index (κ1) is 38.9. The molecule has 0 atom stereocenters. The Morgan fingerprint density at radius 1 is 0.439 bits per heavy atom. The molecule has 5 heteroatoms. The fraction of sp³-hybridized carbons (Fsp3) is 0.115. The van der Waals surface area contributed by atoms with Crippen molar-refractivity contribution in [3.63, 3.8) is 0 Å². The fourth-order valence-corrected chi connectivity index (χ4v) is 8.25. The molecule has 0 aliphatic heterocycles. The van der Waals surface area contributed by atoms with Crippen LogP contribution < -0.4 is 0 Å². The van der Waals surface area contributed by atoms with Crippen LogP contribution in [0.25, 0.3) is 88.0 Å². The van der Waals surface area contributed by atoms with E-state index >= 15 is 0 Å². The van der Waals surface area contributed by atoms with E-state index in [9.17, 15) is 0 Å². The first-order chi connectivity index (χ1) is 27.6. The van der Waals surface area contributed by atoms with Crippen molar-refractivity contribution < 1.29 is 29.7 Å². The Kier molecular flexibility index (Phi) is 11.3. The molecule has 0 spiro atoms. The minimum absolute atomic E-state index is 0.826. The van der Waals surface area contributed by atoms with Crippen LogP contribution in [-0.2, 0) is 20.8 Å². The molecule has 0 aliphatic carbocycles. The molecule has 0 radical (unpaired) electrons. The SMILES string of the molecule is Cc1ccc(-c2cc3c(-c4cccc5ccccc45)c(C)c(C)cc3[cH-]2)o1.Cc1ccc(-c2cc3c(-c4cccc5ccccc45)c(C)c(C)cc3[cH-]2)o1.[Cl][Zr+2][Cl]. The number of hydrogen-bond donors (Lipinski definition) is 0. The van der Waals surface area contributed by atoms with Gasteiger partial charge in [-0.15, -0.1) is 57.9 Å². The Morgan fingerprint density at radius 3 is 1.21 bits per heavy atom. The topological polar surface area (TPSA) is 26.3 Å². The van der Waals surface area contributed by atoms with Crippen molar-refractivity contribution in [3.8, 4) is 44.9 Å². The predicted molar refractivity (Wildman–Crippen MR) is 240 cm³/mol. The zero-order chi connectivity index (χ0) is 39.8. The third kappa shape index (κ3) is 7.62. The third-order valence-electron chi connectivity index (χ3n) is 11.2. The van der Waals surface area contributed by atoms with Crippen LogP contribution in [0.1, 0.15) is 33.8 Å². The standard InChI is InChI=1S/2C26H21O.2ClH.Zr/c2*1-16-13-20-14-21(25-12-11-17(2)27-25)15-24(20)26(18(16)3)23-10-6-8-19-7-4-5-9-22(19)23;;;/h2*4-15H,1-3H3;2*1H;/q2*-1;;;+4/p-2. The molecule has 0 bridgehead atoms.